The molecule has 5 nitrogen and oxygen atoms in total. The molecule has 0 aliphatic carbocycles. The van der Waals surface area contributed by atoms with Crippen molar-refractivity contribution in [2.24, 2.45) is 0 Å². The number of benzene rings is 1. The Kier molecular flexibility index (Phi) is 6.43. The smallest absolute Gasteiger partial charge is 0.303 e. The number of hydrogen-bond acceptors (Lipinski definition) is 3. The van der Waals surface area contributed by atoms with Crippen molar-refractivity contribution in [1.29, 1.82) is 0 Å². The van der Waals surface area contributed by atoms with Crippen LogP contribution in [0.5, 0.6) is 5.75 Å². The number of ether oxygens (including phenoxy) is 1. The van der Waals surface area contributed by atoms with Crippen LogP contribution < -0.4 is 10.1 Å². The van der Waals surface area contributed by atoms with Crippen LogP contribution in [0.2, 0.25) is 0 Å². The average Bonchev–Trinajstić information content (AvgIpc) is 2.41. The van der Waals surface area contributed by atoms with Crippen LogP contribution >= 0.6 is 0 Å². The van der Waals surface area contributed by atoms with Gasteiger partial charge in [0.2, 0.25) is 5.91 Å². The second-order valence-electron chi connectivity index (χ2n) is 4.09. The zero-order chi connectivity index (χ0) is 14.1. The number of carboxylic acid groups (broad SMARTS) is 1. The van der Waals surface area contributed by atoms with Gasteiger partial charge < -0.3 is 15.2 Å². The van der Waals surface area contributed by atoms with E-state index in [1.165, 1.54) is 5.56 Å². The van der Waals surface area contributed by atoms with Crippen molar-refractivity contribution >= 4 is 11.9 Å². The van der Waals surface area contributed by atoms with Crippen LogP contribution in [0.15, 0.2) is 24.3 Å². The lowest BCUT2D eigenvalue weighted by atomic mass is 10.2. The lowest BCUT2D eigenvalue weighted by molar-refractivity contribution is -0.138. The minimum Gasteiger partial charge on any atom is -0.492 e. The van der Waals surface area contributed by atoms with Gasteiger partial charge in [-0.05, 0) is 24.1 Å². The Hall–Kier alpha value is -2.04. The molecule has 5 heteroatoms. The normalized spacial score (nSPS) is 9.95. The molecule has 1 aromatic rings. The maximum absolute atomic E-state index is 11.2. The first-order valence-electron chi connectivity index (χ1n) is 6.32. The molecule has 19 heavy (non-hydrogen) atoms. The molecule has 0 bridgehead atoms. The quantitative estimate of drug-likeness (QED) is 0.700. The van der Waals surface area contributed by atoms with Gasteiger partial charge in [0.25, 0.3) is 0 Å². The monoisotopic (exact) mass is 265 g/mol. The molecule has 0 aromatic heterocycles. The summed E-state index contributed by atoms with van der Waals surface area (Å²) in [5.41, 5.74) is 1.20. The fourth-order valence-electron chi connectivity index (χ4n) is 1.52. The molecule has 0 aliphatic heterocycles. The summed E-state index contributed by atoms with van der Waals surface area (Å²) in [5.74, 6) is -0.463. The number of aryl methyl sites for hydroxylation is 1. The third kappa shape index (κ3) is 6.45. The highest BCUT2D eigenvalue weighted by molar-refractivity contribution is 5.80. The Morgan fingerprint density at radius 3 is 2.79 bits per heavy atom. The summed E-state index contributed by atoms with van der Waals surface area (Å²) >= 11 is 0. The molecular weight excluding hydrogens is 246 g/mol. The van der Waals surface area contributed by atoms with Crippen molar-refractivity contribution in [2.75, 3.05) is 13.2 Å². The largest absolute Gasteiger partial charge is 0.492 e. The van der Waals surface area contributed by atoms with Crippen LogP contribution in [0.25, 0.3) is 0 Å². The lowest BCUT2D eigenvalue weighted by Crippen LogP contribution is -2.28. The zero-order valence-electron chi connectivity index (χ0n) is 11.0. The van der Waals surface area contributed by atoms with Gasteiger partial charge in [-0.2, -0.15) is 0 Å². The molecule has 1 rings (SSSR count). The molecule has 0 radical (unpaired) electrons. The highest BCUT2D eigenvalue weighted by Gasteiger charge is 2.04. The summed E-state index contributed by atoms with van der Waals surface area (Å²) in [5, 5.41) is 11.0. The minimum atomic E-state index is -0.970. The molecule has 104 valence electrons. The van der Waals surface area contributed by atoms with Crippen molar-refractivity contribution in [3.63, 3.8) is 0 Å². The maximum Gasteiger partial charge on any atom is 0.303 e. The number of carbonyl (C=O) groups is 2. The first-order valence-corrected chi connectivity index (χ1v) is 6.32. The van der Waals surface area contributed by atoms with Gasteiger partial charge in [0.15, 0.2) is 0 Å². The summed E-state index contributed by atoms with van der Waals surface area (Å²) in [6.45, 7) is 2.81. The average molecular weight is 265 g/mol. The van der Waals surface area contributed by atoms with Gasteiger partial charge in [0.1, 0.15) is 12.4 Å². The van der Waals surface area contributed by atoms with Gasteiger partial charge >= 0.3 is 5.97 Å². The number of carbonyl (C=O) groups excluding carboxylic acids is 1. The predicted octanol–water partition coefficient (Wildman–Crippen LogP) is 1.61. The highest BCUT2D eigenvalue weighted by atomic mass is 16.5. The summed E-state index contributed by atoms with van der Waals surface area (Å²) in [6, 6.07) is 7.79. The first kappa shape index (κ1) is 15.0. The van der Waals surface area contributed by atoms with E-state index in [2.05, 4.69) is 12.2 Å². The van der Waals surface area contributed by atoms with Crippen molar-refractivity contribution in [1.82, 2.24) is 5.32 Å². The highest BCUT2D eigenvalue weighted by Crippen LogP contribution is 2.13. The van der Waals surface area contributed by atoms with Gasteiger partial charge in [0.05, 0.1) is 13.0 Å². The Labute approximate surface area is 112 Å². The van der Waals surface area contributed by atoms with Crippen LogP contribution in [0.3, 0.4) is 0 Å². The molecule has 1 aromatic carbocycles. The molecule has 0 aliphatic rings. The van der Waals surface area contributed by atoms with E-state index < -0.39 is 5.97 Å². The molecule has 0 heterocycles. The van der Waals surface area contributed by atoms with Crippen LogP contribution in [-0.4, -0.2) is 30.1 Å². The van der Waals surface area contributed by atoms with Crippen molar-refractivity contribution < 1.29 is 19.4 Å². The molecule has 0 unspecified atom stereocenters. The summed E-state index contributed by atoms with van der Waals surface area (Å²) in [4.78, 5) is 21.5. The number of aliphatic carboxylic acids is 1. The maximum atomic E-state index is 11.2. The van der Waals surface area contributed by atoms with E-state index >= 15 is 0 Å². The summed E-state index contributed by atoms with van der Waals surface area (Å²) in [7, 11) is 0. The number of carboxylic acids is 1. The number of nitrogens with one attached hydrogen (secondary N) is 1. The summed E-state index contributed by atoms with van der Waals surface area (Å²) in [6.07, 6.45) is 0.801. The molecule has 0 saturated heterocycles. The fraction of sp³-hybridized carbons (Fsp3) is 0.429. The second-order valence-corrected chi connectivity index (χ2v) is 4.09. The minimum absolute atomic E-state index is 0.000648. The van der Waals surface area contributed by atoms with Gasteiger partial charge in [0, 0.05) is 6.42 Å². The lowest BCUT2D eigenvalue weighted by Gasteiger charge is -2.08. The van der Waals surface area contributed by atoms with Gasteiger partial charge in [-0.15, -0.1) is 0 Å². The van der Waals surface area contributed by atoms with Crippen molar-refractivity contribution in [3.8, 4) is 5.75 Å². The molecule has 0 spiro atoms. The first-order chi connectivity index (χ1) is 9.11. The fourth-order valence-corrected chi connectivity index (χ4v) is 1.52. The Morgan fingerprint density at radius 1 is 1.32 bits per heavy atom. The van der Waals surface area contributed by atoms with Gasteiger partial charge in [-0.25, -0.2) is 0 Å². The van der Waals surface area contributed by atoms with Crippen molar-refractivity contribution in [2.45, 2.75) is 26.2 Å². The zero-order valence-corrected chi connectivity index (χ0v) is 11.0. The van der Waals surface area contributed by atoms with E-state index in [-0.39, 0.29) is 18.7 Å². The van der Waals surface area contributed by atoms with Crippen LogP contribution in [0, 0.1) is 0 Å². The molecule has 1 amide bonds. The molecule has 0 saturated carbocycles. The number of amides is 1. The standard InChI is InChI=1S/C14H19NO4/c1-2-11-4-3-5-12(10-11)19-9-8-15-13(16)6-7-14(17)18/h3-5,10H,2,6-9H2,1H3,(H,15,16)(H,17,18). The number of hydrogen-bond donors (Lipinski definition) is 2. The van der Waals surface area contributed by atoms with E-state index in [1.54, 1.807) is 0 Å². The number of rotatable bonds is 8. The third-order valence-electron chi connectivity index (χ3n) is 2.57. The van der Waals surface area contributed by atoms with E-state index in [0.717, 1.165) is 12.2 Å². The molecular formula is C14H19NO4. The van der Waals surface area contributed by atoms with E-state index in [9.17, 15) is 9.59 Å². The topological polar surface area (TPSA) is 75.6 Å². The third-order valence-corrected chi connectivity index (χ3v) is 2.57. The van der Waals surface area contributed by atoms with Gasteiger partial charge in [-0.3, -0.25) is 9.59 Å². The van der Waals surface area contributed by atoms with Crippen LogP contribution in [0.4, 0.5) is 0 Å². The Morgan fingerprint density at radius 2 is 2.11 bits per heavy atom. The van der Waals surface area contributed by atoms with Crippen LogP contribution in [-0.2, 0) is 16.0 Å². The predicted molar refractivity (Wildman–Crippen MR) is 71.2 cm³/mol. The van der Waals surface area contributed by atoms with E-state index in [4.69, 9.17) is 9.84 Å². The molecule has 0 fully saturated rings. The molecule has 2 N–H and O–H groups in total. The Balaban J connectivity index is 2.19. The van der Waals surface area contributed by atoms with Crippen LogP contribution in [0.1, 0.15) is 25.3 Å². The SMILES string of the molecule is CCc1cccc(OCCNC(=O)CCC(=O)O)c1. The second kappa shape index (κ2) is 8.13. The Bertz CT molecular complexity index is 431. The van der Waals surface area contributed by atoms with E-state index in [1.807, 2.05) is 24.3 Å². The van der Waals surface area contributed by atoms with E-state index in [0.29, 0.717) is 13.2 Å². The molecule has 0 atom stereocenters. The summed E-state index contributed by atoms with van der Waals surface area (Å²) < 4.78 is 5.49. The van der Waals surface area contributed by atoms with Gasteiger partial charge in [-0.1, -0.05) is 19.1 Å². The van der Waals surface area contributed by atoms with Crippen molar-refractivity contribution in [3.05, 3.63) is 29.8 Å².